The van der Waals surface area contributed by atoms with Gasteiger partial charge in [-0.3, -0.25) is 24.0 Å². The van der Waals surface area contributed by atoms with Crippen molar-refractivity contribution in [1.29, 1.82) is 0 Å². The Morgan fingerprint density at radius 2 is 1.56 bits per heavy atom. The highest BCUT2D eigenvalue weighted by atomic mass is 16.4. The van der Waals surface area contributed by atoms with E-state index in [4.69, 9.17) is 5.11 Å². The Hall–Kier alpha value is -2.87. The van der Waals surface area contributed by atoms with Crippen LogP contribution >= 0.6 is 0 Å². The van der Waals surface area contributed by atoms with E-state index in [9.17, 15) is 34.2 Å². The van der Waals surface area contributed by atoms with Gasteiger partial charge in [-0.15, -0.1) is 0 Å². The number of carbonyl (C=O) groups is 5. The van der Waals surface area contributed by atoms with Crippen molar-refractivity contribution in [2.45, 2.75) is 129 Å². The molecule has 0 aliphatic heterocycles. The number of carbonyl (C=O) groups excluding carboxylic acids is 3. The molecule has 0 spiro atoms. The number of hydrogen-bond donors (Lipinski definition) is 3. The summed E-state index contributed by atoms with van der Waals surface area (Å²) in [6.45, 7) is 8.21. The maximum Gasteiger partial charge on any atom is 0.309 e. The second-order valence-electron chi connectivity index (χ2n) is 16.4. The standard InChI is InChI=1S/C24H34O5.C16H22O3/c1-13(4-7-21(28)29)16-5-6-17-22-18(12-20(27)24(16,17)3)23(2)9-8-15(25)10-14(23)11-19(22)26;1-2-14(15(17)18)16(19)10-8-13(9-11-16)12-6-4-3-5-7-12/h13-14,16-18,22H,4-12H2,1-3H3,(H,28,29);3-7,13-14,19H,2,8-11H2,1H3,(H,17,18)/t13-,14+,16-,17+,18+,22+,23+,24-;/m1./s1. The van der Waals surface area contributed by atoms with Gasteiger partial charge < -0.3 is 15.3 Å². The van der Waals surface area contributed by atoms with Gasteiger partial charge in [0.1, 0.15) is 17.3 Å². The molecule has 0 bridgehead atoms. The van der Waals surface area contributed by atoms with Crippen LogP contribution in [0.4, 0.5) is 0 Å². The van der Waals surface area contributed by atoms with Crippen molar-refractivity contribution in [3.63, 3.8) is 0 Å². The first kappa shape index (κ1) is 36.4. The molecule has 3 N–H and O–H groups in total. The molecule has 8 heteroatoms. The SMILES string of the molecule is CCC(C(=O)O)C1(O)CCC(c2ccccc2)CC1.C[C@H](CCC(=O)O)[C@H]1CC[C@H]2[C@@H]3C(=O)C[C@@H]4CC(=O)CC[C@]4(C)[C@H]3CC(=O)[C@]12C. The zero-order valence-corrected chi connectivity index (χ0v) is 29.3. The van der Waals surface area contributed by atoms with Crippen LogP contribution in [-0.4, -0.2) is 50.2 Å². The second kappa shape index (κ2) is 14.2. The number of ketones is 3. The van der Waals surface area contributed by atoms with Crippen molar-refractivity contribution in [3.8, 4) is 0 Å². The predicted octanol–water partition coefficient (Wildman–Crippen LogP) is 7.26. The summed E-state index contributed by atoms with van der Waals surface area (Å²) >= 11 is 0. The molecular weight excluding hydrogens is 608 g/mol. The number of fused-ring (bicyclic) bond motifs is 5. The Bertz CT molecular complexity index is 1380. The average molecular weight is 665 g/mol. The van der Waals surface area contributed by atoms with Gasteiger partial charge in [-0.2, -0.15) is 0 Å². The van der Waals surface area contributed by atoms with Gasteiger partial charge in [0.25, 0.3) is 0 Å². The van der Waals surface area contributed by atoms with E-state index in [1.807, 2.05) is 25.1 Å². The third-order valence-electron chi connectivity index (χ3n) is 14.2. The Labute approximate surface area is 285 Å². The maximum atomic E-state index is 13.6. The van der Waals surface area contributed by atoms with Gasteiger partial charge in [-0.1, -0.05) is 58.0 Å². The van der Waals surface area contributed by atoms with E-state index < -0.39 is 28.9 Å². The fraction of sp³-hybridized carbons (Fsp3) is 0.725. The van der Waals surface area contributed by atoms with Crippen molar-refractivity contribution < 1.29 is 39.3 Å². The number of aliphatic hydroxyl groups is 1. The molecule has 9 atom stereocenters. The highest BCUT2D eigenvalue weighted by molar-refractivity contribution is 5.93. The largest absolute Gasteiger partial charge is 0.481 e. The van der Waals surface area contributed by atoms with Crippen LogP contribution in [-0.2, 0) is 24.0 Å². The summed E-state index contributed by atoms with van der Waals surface area (Å²) in [5.41, 5.74) is -0.321. The Morgan fingerprint density at radius 3 is 2.17 bits per heavy atom. The van der Waals surface area contributed by atoms with Gasteiger partial charge >= 0.3 is 11.9 Å². The first-order valence-corrected chi connectivity index (χ1v) is 18.4. The summed E-state index contributed by atoms with van der Waals surface area (Å²) in [7, 11) is 0. The van der Waals surface area contributed by atoms with Crippen molar-refractivity contribution in [2.75, 3.05) is 0 Å². The van der Waals surface area contributed by atoms with Crippen LogP contribution in [0.2, 0.25) is 0 Å². The fourth-order valence-electron chi connectivity index (χ4n) is 11.3. The third-order valence-corrected chi connectivity index (χ3v) is 14.2. The minimum absolute atomic E-state index is 0.0659. The topological polar surface area (TPSA) is 146 Å². The van der Waals surface area contributed by atoms with Crippen molar-refractivity contribution in [3.05, 3.63) is 35.9 Å². The molecule has 5 saturated carbocycles. The molecule has 8 nitrogen and oxygen atoms in total. The molecule has 1 aromatic carbocycles. The summed E-state index contributed by atoms with van der Waals surface area (Å²) in [6, 6.07) is 10.3. The van der Waals surface area contributed by atoms with Gasteiger partial charge in [-0.05, 0) is 104 Å². The summed E-state index contributed by atoms with van der Waals surface area (Å²) < 4.78 is 0. The zero-order valence-electron chi connectivity index (χ0n) is 29.3. The number of carboxylic acid groups (broad SMARTS) is 2. The van der Waals surface area contributed by atoms with E-state index in [1.54, 1.807) is 0 Å². The highest BCUT2D eigenvalue weighted by Crippen LogP contribution is 2.66. The highest BCUT2D eigenvalue weighted by Gasteiger charge is 2.66. The number of carboxylic acids is 2. The average Bonchev–Trinajstić information content (AvgIpc) is 3.40. The smallest absolute Gasteiger partial charge is 0.309 e. The van der Waals surface area contributed by atoms with Crippen LogP contribution in [0, 0.1) is 52.3 Å². The summed E-state index contributed by atoms with van der Waals surface area (Å²) in [5, 5.41) is 28.9. The molecule has 5 aliphatic carbocycles. The molecule has 5 aliphatic rings. The van der Waals surface area contributed by atoms with Gasteiger partial charge in [0.15, 0.2) is 0 Å². The lowest BCUT2D eigenvalue weighted by Gasteiger charge is -2.58. The van der Waals surface area contributed by atoms with E-state index in [0.717, 1.165) is 32.1 Å². The summed E-state index contributed by atoms with van der Waals surface area (Å²) in [5.74, 6) is -0.532. The van der Waals surface area contributed by atoms with E-state index in [1.165, 1.54) is 5.56 Å². The Kier molecular flexibility index (Phi) is 10.7. The van der Waals surface area contributed by atoms with Crippen LogP contribution in [0.3, 0.4) is 0 Å². The lowest BCUT2D eigenvalue weighted by molar-refractivity contribution is -0.166. The quantitative estimate of drug-likeness (QED) is 0.263. The molecule has 0 radical (unpaired) electrons. The van der Waals surface area contributed by atoms with Crippen LogP contribution in [0.15, 0.2) is 30.3 Å². The van der Waals surface area contributed by atoms with Crippen molar-refractivity contribution in [2.24, 2.45) is 52.3 Å². The number of rotatable bonds is 8. The minimum atomic E-state index is -1.02. The number of benzene rings is 1. The van der Waals surface area contributed by atoms with Gasteiger partial charge in [-0.25, -0.2) is 0 Å². The molecule has 264 valence electrons. The molecule has 6 rings (SSSR count). The van der Waals surface area contributed by atoms with Gasteiger partial charge in [0.05, 0.1) is 11.5 Å². The first-order valence-electron chi connectivity index (χ1n) is 18.4. The molecule has 0 amide bonds. The van der Waals surface area contributed by atoms with E-state index >= 15 is 0 Å². The van der Waals surface area contributed by atoms with Gasteiger partial charge in [0.2, 0.25) is 0 Å². The molecule has 1 aromatic rings. The van der Waals surface area contributed by atoms with Crippen LogP contribution in [0.25, 0.3) is 0 Å². The zero-order chi connectivity index (χ0) is 35.0. The maximum absolute atomic E-state index is 13.6. The predicted molar refractivity (Wildman–Crippen MR) is 181 cm³/mol. The molecule has 0 aromatic heterocycles. The fourth-order valence-corrected chi connectivity index (χ4v) is 11.3. The van der Waals surface area contributed by atoms with Crippen molar-refractivity contribution >= 4 is 29.3 Å². The third kappa shape index (κ3) is 6.67. The molecule has 0 heterocycles. The summed E-state index contributed by atoms with van der Waals surface area (Å²) in [4.78, 5) is 61.2. The van der Waals surface area contributed by atoms with Crippen molar-refractivity contribution in [1.82, 2.24) is 0 Å². The second-order valence-corrected chi connectivity index (χ2v) is 16.4. The Morgan fingerprint density at radius 1 is 0.896 bits per heavy atom. The molecular formula is C40H56O8. The monoisotopic (exact) mass is 664 g/mol. The lowest BCUT2D eigenvalue weighted by atomic mass is 9.44. The normalized spacial score (nSPS) is 38.8. The molecule has 0 saturated heterocycles. The van der Waals surface area contributed by atoms with Crippen LogP contribution < -0.4 is 0 Å². The van der Waals surface area contributed by atoms with E-state index in [2.05, 4.69) is 32.9 Å². The van der Waals surface area contributed by atoms with Crippen LogP contribution in [0.5, 0.6) is 0 Å². The summed E-state index contributed by atoms with van der Waals surface area (Å²) in [6.07, 6.45) is 8.71. The molecule has 5 fully saturated rings. The number of Topliss-reactive ketones (excluding diaryl/α,β-unsaturated/α-hetero) is 3. The van der Waals surface area contributed by atoms with E-state index in [0.29, 0.717) is 57.3 Å². The van der Waals surface area contributed by atoms with Crippen LogP contribution in [0.1, 0.15) is 129 Å². The number of aliphatic carboxylic acids is 2. The number of hydrogen-bond acceptors (Lipinski definition) is 6. The lowest BCUT2D eigenvalue weighted by Crippen LogP contribution is -2.60. The molecule has 48 heavy (non-hydrogen) atoms. The Balaban J connectivity index is 0.000000206. The van der Waals surface area contributed by atoms with Gasteiger partial charge in [0, 0.05) is 43.4 Å². The van der Waals surface area contributed by atoms with E-state index in [-0.39, 0.29) is 64.7 Å². The minimum Gasteiger partial charge on any atom is -0.481 e. The first-order chi connectivity index (χ1) is 22.7. The molecule has 1 unspecified atom stereocenters.